The molecule has 0 saturated carbocycles. The second kappa shape index (κ2) is 5.86. The molecule has 0 aliphatic rings. The van der Waals surface area contributed by atoms with Crippen molar-refractivity contribution in [3.63, 3.8) is 0 Å². The molecule has 2 aromatic rings. The second-order valence-corrected chi connectivity index (χ2v) is 5.39. The second-order valence-electron chi connectivity index (χ2n) is 4.23. The summed E-state index contributed by atoms with van der Waals surface area (Å²) in [7, 11) is 0. The quantitative estimate of drug-likeness (QED) is 0.512. The number of nitrogens with one attached hydrogen (secondary N) is 1. The summed E-state index contributed by atoms with van der Waals surface area (Å²) in [6.45, 7) is 4.54. The average Bonchev–Trinajstić information content (AvgIpc) is 2.88. The maximum Gasteiger partial charge on any atom is 0.275 e. The fraction of sp³-hybridized carbons (Fsp3) is 0.214. The van der Waals surface area contributed by atoms with Crippen LogP contribution in [0.3, 0.4) is 0 Å². The molecule has 0 aliphatic heterocycles. The van der Waals surface area contributed by atoms with Gasteiger partial charge in [0.05, 0.1) is 4.88 Å². The number of ether oxygens (including phenoxy) is 1. The van der Waals surface area contributed by atoms with E-state index in [9.17, 15) is 4.79 Å². The van der Waals surface area contributed by atoms with Gasteiger partial charge in [0.2, 0.25) is 0 Å². The van der Waals surface area contributed by atoms with E-state index < -0.39 is 0 Å². The number of nitrogen functional groups attached to an aromatic ring is 1. The zero-order chi connectivity index (χ0) is 13.8. The number of hydrogen-bond donors (Lipinski definition) is 2. The number of carbonyl (C=O) groups excluding carboxylic acids is 1. The smallest absolute Gasteiger partial charge is 0.275 e. The Kier molecular flexibility index (Phi) is 4.19. The topological polar surface area (TPSA) is 64.3 Å². The molecule has 0 aliphatic carbocycles. The third kappa shape index (κ3) is 3.13. The van der Waals surface area contributed by atoms with Crippen molar-refractivity contribution in [2.75, 3.05) is 0 Å². The minimum absolute atomic E-state index is 0.275. The number of nitrogens with two attached hydrogens (primary N) is 1. The van der Waals surface area contributed by atoms with E-state index >= 15 is 0 Å². The molecule has 0 unspecified atom stereocenters. The Morgan fingerprint density at radius 2 is 2.11 bits per heavy atom. The molecule has 0 bridgehead atoms. The van der Waals surface area contributed by atoms with E-state index in [-0.39, 0.29) is 5.91 Å². The molecule has 0 fully saturated rings. The Labute approximate surface area is 116 Å². The Bertz CT molecular complexity index is 593. The lowest BCUT2D eigenvalue weighted by atomic mass is 10.1. The molecule has 1 aromatic heterocycles. The van der Waals surface area contributed by atoms with Crippen molar-refractivity contribution in [1.82, 2.24) is 5.43 Å². The molecular formula is C14H16N2O2S. The van der Waals surface area contributed by atoms with Gasteiger partial charge in [0.1, 0.15) is 12.4 Å². The van der Waals surface area contributed by atoms with E-state index in [1.807, 2.05) is 25.1 Å². The predicted molar refractivity (Wildman–Crippen MR) is 76.2 cm³/mol. The van der Waals surface area contributed by atoms with Crippen LogP contribution < -0.4 is 16.0 Å². The van der Waals surface area contributed by atoms with Crippen LogP contribution in [0, 0.1) is 13.8 Å². The first-order valence-corrected chi connectivity index (χ1v) is 6.72. The molecule has 100 valence electrons. The van der Waals surface area contributed by atoms with Gasteiger partial charge in [-0.25, -0.2) is 5.84 Å². The number of thiophene rings is 1. The lowest BCUT2D eigenvalue weighted by Gasteiger charge is -2.09. The van der Waals surface area contributed by atoms with Crippen LogP contribution in [-0.2, 0) is 6.61 Å². The van der Waals surface area contributed by atoms with Gasteiger partial charge in [-0.05, 0) is 43.2 Å². The summed E-state index contributed by atoms with van der Waals surface area (Å²) in [5.74, 6) is 5.69. The van der Waals surface area contributed by atoms with Gasteiger partial charge in [-0.2, -0.15) is 0 Å². The zero-order valence-electron chi connectivity index (χ0n) is 10.9. The number of amides is 1. The fourth-order valence-corrected chi connectivity index (χ4v) is 2.50. The number of rotatable bonds is 4. The minimum atomic E-state index is -0.275. The third-order valence-electron chi connectivity index (χ3n) is 2.94. The normalized spacial score (nSPS) is 10.3. The van der Waals surface area contributed by atoms with Gasteiger partial charge in [-0.1, -0.05) is 12.1 Å². The molecule has 5 heteroatoms. The largest absolute Gasteiger partial charge is 0.488 e. The monoisotopic (exact) mass is 276 g/mol. The molecule has 4 nitrogen and oxygen atoms in total. The van der Waals surface area contributed by atoms with E-state index in [1.54, 1.807) is 6.07 Å². The number of aryl methyl sites for hydroxylation is 1. The zero-order valence-corrected chi connectivity index (χ0v) is 11.7. The van der Waals surface area contributed by atoms with Gasteiger partial charge in [0, 0.05) is 4.88 Å². The molecule has 0 saturated heterocycles. The SMILES string of the molecule is Cc1cccc(OCc2ccc(C(=O)NN)s2)c1C. The van der Waals surface area contributed by atoms with Gasteiger partial charge in [-0.3, -0.25) is 10.2 Å². The third-order valence-corrected chi connectivity index (χ3v) is 4.00. The molecule has 1 heterocycles. The summed E-state index contributed by atoms with van der Waals surface area (Å²) < 4.78 is 5.78. The number of carbonyl (C=O) groups is 1. The Balaban J connectivity index is 2.04. The summed E-state index contributed by atoms with van der Waals surface area (Å²) >= 11 is 1.38. The molecule has 0 radical (unpaired) electrons. The maximum absolute atomic E-state index is 11.3. The van der Waals surface area contributed by atoms with E-state index in [0.717, 1.165) is 16.2 Å². The van der Waals surface area contributed by atoms with Gasteiger partial charge in [0.25, 0.3) is 5.91 Å². The highest BCUT2D eigenvalue weighted by atomic mass is 32.1. The first-order valence-electron chi connectivity index (χ1n) is 5.90. The summed E-state index contributed by atoms with van der Waals surface area (Å²) in [5.41, 5.74) is 4.45. The standard InChI is InChI=1S/C14H16N2O2S/c1-9-4-3-5-12(10(9)2)18-8-11-6-7-13(19-11)14(17)16-15/h3-7H,8,15H2,1-2H3,(H,16,17). The molecule has 2 rings (SSSR count). The van der Waals surface area contributed by atoms with Crippen LogP contribution in [0.5, 0.6) is 5.75 Å². The summed E-state index contributed by atoms with van der Waals surface area (Å²) in [4.78, 5) is 12.9. The maximum atomic E-state index is 11.3. The van der Waals surface area contributed by atoms with Crippen LogP contribution in [0.4, 0.5) is 0 Å². The van der Waals surface area contributed by atoms with E-state index in [2.05, 4.69) is 18.4 Å². The lowest BCUT2D eigenvalue weighted by Crippen LogP contribution is -2.29. The number of hydrazine groups is 1. The highest BCUT2D eigenvalue weighted by molar-refractivity contribution is 7.14. The molecule has 1 aromatic carbocycles. The van der Waals surface area contributed by atoms with E-state index in [0.29, 0.717) is 11.5 Å². The predicted octanol–water partition coefficient (Wildman–Crippen LogP) is 2.55. The van der Waals surface area contributed by atoms with Crippen molar-refractivity contribution in [1.29, 1.82) is 0 Å². The minimum Gasteiger partial charge on any atom is -0.488 e. The van der Waals surface area contributed by atoms with Crippen molar-refractivity contribution in [3.05, 3.63) is 51.2 Å². The molecule has 0 spiro atoms. The first-order chi connectivity index (χ1) is 9.11. The van der Waals surface area contributed by atoms with Crippen molar-refractivity contribution < 1.29 is 9.53 Å². The Morgan fingerprint density at radius 3 is 2.84 bits per heavy atom. The van der Waals surface area contributed by atoms with Crippen molar-refractivity contribution in [3.8, 4) is 5.75 Å². The molecule has 0 atom stereocenters. The molecule has 19 heavy (non-hydrogen) atoms. The summed E-state index contributed by atoms with van der Waals surface area (Å²) in [6, 6.07) is 9.59. The van der Waals surface area contributed by atoms with Gasteiger partial charge in [0.15, 0.2) is 0 Å². The van der Waals surface area contributed by atoms with Gasteiger partial charge < -0.3 is 4.74 Å². The van der Waals surface area contributed by atoms with Gasteiger partial charge >= 0.3 is 0 Å². The molecule has 3 N–H and O–H groups in total. The lowest BCUT2D eigenvalue weighted by molar-refractivity contribution is 0.0957. The summed E-state index contributed by atoms with van der Waals surface area (Å²) in [5, 5.41) is 0. The Morgan fingerprint density at radius 1 is 1.32 bits per heavy atom. The van der Waals surface area contributed by atoms with Crippen LogP contribution in [0.25, 0.3) is 0 Å². The van der Waals surface area contributed by atoms with Crippen LogP contribution in [0.2, 0.25) is 0 Å². The Hall–Kier alpha value is -1.85. The molecular weight excluding hydrogens is 260 g/mol. The highest BCUT2D eigenvalue weighted by Gasteiger charge is 2.08. The van der Waals surface area contributed by atoms with Gasteiger partial charge in [-0.15, -0.1) is 11.3 Å². The van der Waals surface area contributed by atoms with Crippen LogP contribution in [0.1, 0.15) is 25.7 Å². The number of hydrogen-bond acceptors (Lipinski definition) is 4. The average molecular weight is 276 g/mol. The van der Waals surface area contributed by atoms with Crippen LogP contribution in [-0.4, -0.2) is 5.91 Å². The molecule has 1 amide bonds. The van der Waals surface area contributed by atoms with E-state index in [4.69, 9.17) is 10.6 Å². The van der Waals surface area contributed by atoms with Crippen LogP contribution >= 0.6 is 11.3 Å². The summed E-state index contributed by atoms with van der Waals surface area (Å²) in [6.07, 6.45) is 0. The first kappa shape index (κ1) is 13.6. The van der Waals surface area contributed by atoms with Crippen molar-refractivity contribution in [2.45, 2.75) is 20.5 Å². The highest BCUT2D eigenvalue weighted by Crippen LogP contribution is 2.23. The van der Waals surface area contributed by atoms with Crippen LogP contribution in [0.15, 0.2) is 30.3 Å². The number of benzene rings is 1. The fourth-order valence-electron chi connectivity index (χ4n) is 1.68. The van der Waals surface area contributed by atoms with Crippen molar-refractivity contribution >= 4 is 17.2 Å². The van der Waals surface area contributed by atoms with Crippen molar-refractivity contribution in [2.24, 2.45) is 5.84 Å². The van der Waals surface area contributed by atoms with E-state index in [1.165, 1.54) is 16.9 Å².